The van der Waals surface area contributed by atoms with Gasteiger partial charge in [0.25, 0.3) is 15.9 Å². The Morgan fingerprint density at radius 3 is 2.06 bits per heavy atom. The van der Waals surface area contributed by atoms with E-state index in [2.05, 4.69) is 10.0 Å². The van der Waals surface area contributed by atoms with Crippen LogP contribution in [0, 0.1) is 13.8 Å². The number of hydrogen-bond acceptors (Lipinski definition) is 4. The molecule has 0 aliphatic heterocycles. The number of rotatable bonds is 7. The van der Waals surface area contributed by atoms with Gasteiger partial charge < -0.3 is 10.1 Å². The van der Waals surface area contributed by atoms with E-state index >= 15 is 0 Å². The molecule has 12 heteroatoms. The Morgan fingerprint density at radius 2 is 1.50 bits per heavy atom. The summed E-state index contributed by atoms with van der Waals surface area (Å²) in [5.74, 6) is -0.00437. The summed E-state index contributed by atoms with van der Waals surface area (Å²) in [6.45, 7) is 5.19. The molecule has 0 bridgehead atoms. The minimum atomic E-state index is -4.75. The third-order valence-corrected chi connectivity index (χ3v) is 7.37. The van der Waals surface area contributed by atoms with Crippen LogP contribution >= 0.6 is 23.2 Å². The lowest BCUT2D eigenvalue weighted by atomic mass is 10.1. The van der Waals surface area contributed by atoms with E-state index in [0.29, 0.717) is 22.5 Å². The Morgan fingerprint density at radius 1 is 0.944 bits per heavy atom. The van der Waals surface area contributed by atoms with E-state index in [1.54, 1.807) is 19.1 Å². The number of carbonyl (C=O) groups excluding carboxylic acids is 1. The molecule has 6 nitrogen and oxygen atoms in total. The molecule has 0 aliphatic rings. The number of halogens is 5. The molecule has 3 rings (SSSR count). The first-order chi connectivity index (χ1) is 16.7. The van der Waals surface area contributed by atoms with Crippen LogP contribution in [0.3, 0.4) is 0 Å². The van der Waals surface area contributed by atoms with E-state index in [1.807, 2.05) is 13.8 Å². The smallest absolute Gasteiger partial charge is 0.417 e. The third kappa shape index (κ3) is 6.63. The highest BCUT2D eigenvalue weighted by Crippen LogP contribution is 2.36. The molecule has 36 heavy (non-hydrogen) atoms. The summed E-state index contributed by atoms with van der Waals surface area (Å²) in [7, 11) is -4.21. The van der Waals surface area contributed by atoms with Gasteiger partial charge in [0.1, 0.15) is 5.75 Å². The van der Waals surface area contributed by atoms with Crippen molar-refractivity contribution >= 4 is 50.5 Å². The molecule has 192 valence electrons. The highest BCUT2D eigenvalue weighted by atomic mass is 35.5. The Hall–Kier alpha value is -2.95. The lowest BCUT2D eigenvalue weighted by Gasteiger charge is -2.16. The SMILES string of the molecule is Cc1cc(O[C@H](C)C(=O)Nc2ccc(S(=O)(=O)Nc3ccc(Cl)c(C(F)(F)F)c3)cc2)cc(C)c1Cl. The Labute approximate surface area is 216 Å². The van der Waals surface area contributed by atoms with Crippen LogP contribution in [-0.4, -0.2) is 20.4 Å². The van der Waals surface area contributed by atoms with Gasteiger partial charge in [-0.3, -0.25) is 9.52 Å². The molecule has 0 saturated heterocycles. The predicted molar refractivity (Wildman–Crippen MR) is 133 cm³/mol. The van der Waals surface area contributed by atoms with Gasteiger partial charge in [-0.2, -0.15) is 13.2 Å². The lowest BCUT2D eigenvalue weighted by Crippen LogP contribution is -2.30. The first kappa shape index (κ1) is 27.6. The molecule has 2 N–H and O–H groups in total. The monoisotopic (exact) mass is 560 g/mol. The number of amides is 1. The van der Waals surface area contributed by atoms with Crippen molar-refractivity contribution in [3.8, 4) is 5.75 Å². The number of benzene rings is 3. The summed E-state index contributed by atoms with van der Waals surface area (Å²) in [5.41, 5.74) is 0.435. The van der Waals surface area contributed by atoms with Gasteiger partial charge in [-0.25, -0.2) is 8.42 Å². The van der Waals surface area contributed by atoms with Gasteiger partial charge in [0.05, 0.1) is 15.5 Å². The predicted octanol–water partition coefficient (Wildman–Crippen LogP) is 6.84. The van der Waals surface area contributed by atoms with Gasteiger partial charge >= 0.3 is 6.18 Å². The number of anilines is 2. The van der Waals surface area contributed by atoms with Crippen molar-refractivity contribution in [3.63, 3.8) is 0 Å². The zero-order valence-electron chi connectivity index (χ0n) is 19.2. The molecule has 3 aromatic rings. The second-order valence-electron chi connectivity index (χ2n) is 7.94. The molecule has 0 spiro atoms. The lowest BCUT2D eigenvalue weighted by molar-refractivity contribution is -0.137. The Bertz CT molecular complexity index is 1370. The van der Waals surface area contributed by atoms with Crippen LogP contribution in [0.15, 0.2) is 59.5 Å². The van der Waals surface area contributed by atoms with Crippen molar-refractivity contribution in [1.82, 2.24) is 0 Å². The van der Waals surface area contributed by atoms with Crippen LogP contribution in [0.1, 0.15) is 23.6 Å². The van der Waals surface area contributed by atoms with Gasteiger partial charge in [0.15, 0.2) is 6.10 Å². The van der Waals surface area contributed by atoms with E-state index < -0.39 is 38.8 Å². The maximum atomic E-state index is 13.1. The fourth-order valence-electron chi connectivity index (χ4n) is 3.21. The van der Waals surface area contributed by atoms with Crippen molar-refractivity contribution in [3.05, 3.63) is 81.3 Å². The molecule has 0 saturated carbocycles. The van der Waals surface area contributed by atoms with Crippen LogP contribution in [0.2, 0.25) is 10.0 Å². The highest BCUT2D eigenvalue weighted by Gasteiger charge is 2.33. The standard InChI is InChI=1S/C24H21Cl2F3N2O4S/c1-13-10-18(11-14(2)22(13)26)35-15(3)23(32)30-16-4-7-19(8-5-16)36(33,34)31-17-6-9-21(25)20(12-17)24(27,28)29/h4-12,15,31H,1-3H3,(H,30,32)/t15-/m1/s1. The number of nitrogens with one attached hydrogen (secondary N) is 2. The number of hydrogen-bond donors (Lipinski definition) is 2. The number of ether oxygens (including phenoxy) is 1. The average molecular weight is 561 g/mol. The average Bonchev–Trinajstić information content (AvgIpc) is 2.78. The van der Waals surface area contributed by atoms with Gasteiger partial charge in [-0.05, 0) is 86.5 Å². The summed E-state index contributed by atoms with van der Waals surface area (Å²) < 4.78 is 72.2. The first-order valence-corrected chi connectivity index (χ1v) is 12.6. The summed E-state index contributed by atoms with van der Waals surface area (Å²) in [5, 5.41) is 2.68. The number of carbonyl (C=O) groups is 1. The summed E-state index contributed by atoms with van der Waals surface area (Å²) in [6.07, 6.45) is -5.62. The van der Waals surface area contributed by atoms with Crippen LogP contribution in [0.4, 0.5) is 24.5 Å². The van der Waals surface area contributed by atoms with Gasteiger partial charge in [-0.15, -0.1) is 0 Å². The largest absolute Gasteiger partial charge is 0.481 e. The molecule has 0 aromatic heterocycles. The third-order valence-electron chi connectivity index (χ3n) is 5.05. The number of alkyl halides is 3. The van der Waals surface area contributed by atoms with Crippen LogP contribution in [-0.2, 0) is 21.0 Å². The molecule has 0 radical (unpaired) electrons. The van der Waals surface area contributed by atoms with E-state index in [4.69, 9.17) is 27.9 Å². The molecule has 0 unspecified atom stereocenters. The molecular weight excluding hydrogens is 540 g/mol. The zero-order valence-corrected chi connectivity index (χ0v) is 21.5. The first-order valence-electron chi connectivity index (χ1n) is 10.4. The molecule has 0 heterocycles. The fraction of sp³-hybridized carbons (Fsp3) is 0.208. The summed E-state index contributed by atoms with van der Waals surface area (Å²) in [6, 6.07) is 11.2. The minimum absolute atomic E-state index is 0.222. The summed E-state index contributed by atoms with van der Waals surface area (Å²) in [4.78, 5) is 12.3. The number of sulfonamides is 1. The normalized spacial score (nSPS) is 12.7. The van der Waals surface area contributed by atoms with Crippen molar-refractivity contribution in [2.75, 3.05) is 10.0 Å². The quantitative estimate of drug-likeness (QED) is 0.331. The zero-order chi connectivity index (χ0) is 26.8. The van der Waals surface area contributed by atoms with E-state index in [0.717, 1.165) is 23.3 Å². The topological polar surface area (TPSA) is 84.5 Å². The maximum absolute atomic E-state index is 13.1. The second kappa shape index (κ2) is 10.6. The maximum Gasteiger partial charge on any atom is 0.417 e. The molecule has 3 aromatic carbocycles. The molecule has 1 amide bonds. The Kier molecular flexibility index (Phi) is 8.12. The molecule has 0 aliphatic carbocycles. The van der Waals surface area contributed by atoms with Crippen molar-refractivity contribution in [2.45, 2.75) is 37.9 Å². The van der Waals surface area contributed by atoms with Crippen LogP contribution in [0.5, 0.6) is 5.75 Å². The second-order valence-corrected chi connectivity index (χ2v) is 10.4. The van der Waals surface area contributed by atoms with E-state index in [9.17, 15) is 26.4 Å². The molecule has 0 fully saturated rings. The van der Waals surface area contributed by atoms with Crippen LogP contribution in [0.25, 0.3) is 0 Å². The van der Waals surface area contributed by atoms with E-state index in [-0.39, 0.29) is 10.6 Å². The van der Waals surface area contributed by atoms with Gasteiger partial charge in [-0.1, -0.05) is 23.2 Å². The minimum Gasteiger partial charge on any atom is -0.481 e. The fourth-order valence-corrected chi connectivity index (χ4v) is 4.60. The van der Waals surface area contributed by atoms with Gasteiger partial charge in [0.2, 0.25) is 0 Å². The van der Waals surface area contributed by atoms with E-state index in [1.165, 1.54) is 24.3 Å². The Balaban J connectivity index is 1.68. The van der Waals surface area contributed by atoms with Crippen LogP contribution < -0.4 is 14.8 Å². The van der Waals surface area contributed by atoms with Crippen molar-refractivity contribution in [1.29, 1.82) is 0 Å². The molecular formula is C24H21Cl2F3N2O4S. The highest BCUT2D eigenvalue weighted by molar-refractivity contribution is 7.92. The molecule has 1 atom stereocenters. The van der Waals surface area contributed by atoms with Crippen molar-refractivity contribution in [2.24, 2.45) is 0 Å². The van der Waals surface area contributed by atoms with Crippen molar-refractivity contribution < 1.29 is 31.1 Å². The van der Waals surface area contributed by atoms with Gasteiger partial charge in [0, 0.05) is 16.4 Å². The summed E-state index contributed by atoms with van der Waals surface area (Å²) >= 11 is 11.7. The number of aryl methyl sites for hydroxylation is 2.